The second-order valence-corrected chi connectivity index (χ2v) is 8.14. The molecule has 2 aliphatic rings. The highest BCUT2D eigenvalue weighted by Crippen LogP contribution is 2.24. The van der Waals surface area contributed by atoms with Crippen LogP contribution in [0.4, 0.5) is 5.69 Å². The highest BCUT2D eigenvalue weighted by molar-refractivity contribution is 6.00. The third-order valence-electron chi connectivity index (χ3n) is 6.03. The van der Waals surface area contributed by atoms with Crippen molar-refractivity contribution >= 4 is 17.3 Å². The summed E-state index contributed by atoms with van der Waals surface area (Å²) in [5.41, 5.74) is 4.86. The number of anilines is 1. The standard InChI is InChI=1S/C24H28N2O3/c27-16-19-3-1-2-4-23(19)25-20-9-11-26(12-10-20)15-21(28)14-17-5-7-22-18(13-17)6-8-24(22)29/h1-5,7,13,20,25,27H,6,8-12,14-16H2. The molecule has 1 aliphatic heterocycles. The Labute approximate surface area is 171 Å². The SMILES string of the molecule is O=C(Cc1ccc2c(c1)CCC2=O)CN1CCC(Nc2ccccc2CO)CC1. The maximum Gasteiger partial charge on any atom is 0.163 e. The van der Waals surface area contributed by atoms with Crippen LogP contribution < -0.4 is 5.32 Å². The molecule has 152 valence electrons. The lowest BCUT2D eigenvalue weighted by molar-refractivity contribution is -0.119. The number of benzene rings is 2. The van der Waals surface area contributed by atoms with Gasteiger partial charge in [0, 0.05) is 48.8 Å². The van der Waals surface area contributed by atoms with Crippen LogP contribution in [0.5, 0.6) is 0 Å². The van der Waals surface area contributed by atoms with E-state index >= 15 is 0 Å². The molecule has 1 saturated heterocycles. The van der Waals surface area contributed by atoms with Crippen molar-refractivity contribution in [2.45, 2.75) is 44.8 Å². The molecule has 2 aromatic rings. The van der Waals surface area contributed by atoms with E-state index < -0.39 is 0 Å². The Morgan fingerprint density at radius 1 is 1.10 bits per heavy atom. The predicted molar refractivity (Wildman–Crippen MR) is 113 cm³/mol. The number of likely N-dealkylation sites (tertiary alicyclic amines) is 1. The minimum absolute atomic E-state index is 0.0351. The number of fused-ring (bicyclic) bond motifs is 1. The van der Waals surface area contributed by atoms with Crippen LogP contribution in [0.3, 0.4) is 0 Å². The molecule has 1 heterocycles. The predicted octanol–water partition coefficient (Wildman–Crippen LogP) is 3.00. The van der Waals surface area contributed by atoms with Crippen molar-refractivity contribution in [3.8, 4) is 0 Å². The summed E-state index contributed by atoms with van der Waals surface area (Å²) < 4.78 is 0. The first kappa shape index (κ1) is 19.8. The summed E-state index contributed by atoms with van der Waals surface area (Å²) in [6, 6.07) is 14.1. The fraction of sp³-hybridized carbons (Fsp3) is 0.417. The summed E-state index contributed by atoms with van der Waals surface area (Å²) in [4.78, 5) is 26.5. The largest absolute Gasteiger partial charge is 0.392 e. The maximum atomic E-state index is 12.5. The summed E-state index contributed by atoms with van der Waals surface area (Å²) in [5.74, 6) is 0.447. The van der Waals surface area contributed by atoms with Crippen molar-refractivity contribution in [3.05, 3.63) is 64.7 Å². The van der Waals surface area contributed by atoms with Gasteiger partial charge in [0.1, 0.15) is 0 Å². The summed E-state index contributed by atoms with van der Waals surface area (Å²) in [6.07, 6.45) is 3.79. The fourth-order valence-electron chi connectivity index (χ4n) is 4.41. The van der Waals surface area contributed by atoms with Crippen LogP contribution in [0, 0.1) is 0 Å². The van der Waals surface area contributed by atoms with Gasteiger partial charge in [0.2, 0.25) is 0 Å². The van der Waals surface area contributed by atoms with Gasteiger partial charge in [0.05, 0.1) is 13.2 Å². The van der Waals surface area contributed by atoms with Crippen LogP contribution in [0.1, 0.15) is 46.3 Å². The molecule has 2 aromatic carbocycles. The molecule has 0 spiro atoms. The molecule has 0 radical (unpaired) electrons. The Balaban J connectivity index is 1.25. The van der Waals surface area contributed by atoms with Crippen LogP contribution in [0.25, 0.3) is 0 Å². The molecule has 29 heavy (non-hydrogen) atoms. The van der Waals surface area contributed by atoms with Crippen molar-refractivity contribution in [2.24, 2.45) is 0 Å². The number of carbonyl (C=O) groups is 2. The molecule has 0 amide bonds. The highest BCUT2D eigenvalue weighted by atomic mass is 16.3. The molecular weight excluding hydrogens is 364 g/mol. The Hall–Kier alpha value is -2.50. The average molecular weight is 392 g/mol. The second kappa shape index (κ2) is 8.89. The Kier molecular flexibility index (Phi) is 6.07. The minimum Gasteiger partial charge on any atom is -0.392 e. The van der Waals surface area contributed by atoms with E-state index in [0.717, 1.165) is 60.3 Å². The Morgan fingerprint density at radius 3 is 2.69 bits per heavy atom. The van der Waals surface area contributed by atoms with Gasteiger partial charge in [-0.25, -0.2) is 0 Å². The molecule has 2 N–H and O–H groups in total. The molecule has 5 heteroatoms. The molecule has 0 aromatic heterocycles. The number of nitrogens with one attached hydrogen (secondary N) is 1. The van der Waals surface area contributed by atoms with E-state index in [1.54, 1.807) is 0 Å². The van der Waals surface area contributed by atoms with E-state index in [9.17, 15) is 14.7 Å². The number of aliphatic hydroxyl groups excluding tert-OH is 1. The van der Waals surface area contributed by atoms with Crippen LogP contribution in [0.2, 0.25) is 0 Å². The number of hydrogen-bond donors (Lipinski definition) is 2. The van der Waals surface area contributed by atoms with Crippen molar-refractivity contribution in [1.82, 2.24) is 4.90 Å². The van der Waals surface area contributed by atoms with Gasteiger partial charge in [-0.2, -0.15) is 0 Å². The molecule has 0 bridgehead atoms. The van der Waals surface area contributed by atoms with E-state index in [0.29, 0.717) is 25.4 Å². The molecule has 4 rings (SSSR count). The number of nitrogens with zero attached hydrogens (tertiary/aromatic N) is 1. The van der Waals surface area contributed by atoms with E-state index in [4.69, 9.17) is 0 Å². The van der Waals surface area contributed by atoms with Crippen molar-refractivity contribution < 1.29 is 14.7 Å². The topological polar surface area (TPSA) is 69.6 Å². The molecule has 1 fully saturated rings. The van der Waals surface area contributed by atoms with Gasteiger partial charge in [0.15, 0.2) is 11.6 Å². The third-order valence-corrected chi connectivity index (χ3v) is 6.03. The van der Waals surface area contributed by atoms with Gasteiger partial charge in [-0.3, -0.25) is 14.5 Å². The number of Topliss-reactive ketones (excluding diaryl/α,β-unsaturated/α-hetero) is 2. The number of para-hydroxylation sites is 1. The highest BCUT2D eigenvalue weighted by Gasteiger charge is 2.22. The number of aryl methyl sites for hydroxylation is 1. The number of carbonyl (C=O) groups excluding carboxylic acids is 2. The smallest absolute Gasteiger partial charge is 0.163 e. The van der Waals surface area contributed by atoms with Gasteiger partial charge in [-0.05, 0) is 36.5 Å². The lowest BCUT2D eigenvalue weighted by Gasteiger charge is -2.32. The maximum absolute atomic E-state index is 12.5. The summed E-state index contributed by atoms with van der Waals surface area (Å²) in [6.45, 7) is 2.30. The number of piperidine rings is 1. The van der Waals surface area contributed by atoms with E-state index in [1.165, 1.54) is 0 Å². The van der Waals surface area contributed by atoms with Gasteiger partial charge in [-0.15, -0.1) is 0 Å². The first-order valence-electron chi connectivity index (χ1n) is 10.5. The molecule has 0 saturated carbocycles. The molecule has 5 nitrogen and oxygen atoms in total. The van der Waals surface area contributed by atoms with Crippen LogP contribution in [-0.4, -0.2) is 47.2 Å². The Bertz CT molecular complexity index is 901. The Morgan fingerprint density at radius 2 is 1.90 bits per heavy atom. The minimum atomic E-state index is 0.0351. The monoisotopic (exact) mass is 392 g/mol. The summed E-state index contributed by atoms with van der Waals surface area (Å²) in [5, 5.41) is 13.0. The van der Waals surface area contributed by atoms with Crippen LogP contribution in [-0.2, 0) is 24.2 Å². The third kappa shape index (κ3) is 4.74. The lowest BCUT2D eigenvalue weighted by atomic mass is 10.0. The zero-order chi connectivity index (χ0) is 20.2. The van der Waals surface area contributed by atoms with Gasteiger partial charge >= 0.3 is 0 Å². The number of aliphatic hydroxyl groups is 1. The number of hydrogen-bond acceptors (Lipinski definition) is 5. The van der Waals surface area contributed by atoms with Gasteiger partial charge < -0.3 is 10.4 Å². The molecule has 1 aliphatic carbocycles. The van der Waals surface area contributed by atoms with E-state index in [1.807, 2.05) is 42.5 Å². The van der Waals surface area contributed by atoms with Crippen molar-refractivity contribution in [2.75, 3.05) is 25.0 Å². The van der Waals surface area contributed by atoms with Crippen LogP contribution >= 0.6 is 0 Å². The lowest BCUT2D eigenvalue weighted by Crippen LogP contribution is -2.41. The number of rotatable bonds is 7. The fourth-order valence-corrected chi connectivity index (χ4v) is 4.41. The van der Waals surface area contributed by atoms with E-state index in [2.05, 4.69) is 10.2 Å². The average Bonchev–Trinajstić information content (AvgIpc) is 3.10. The molecular formula is C24H28N2O3. The summed E-state index contributed by atoms with van der Waals surface area (Å²) >= 11 is 0. The summed E-state index contributed by atoms with van der Waals surface area (Å²) in [7, 11) is 0. The quantitative estimate of drug-likeness (QED) is 0.758. The van der Waals surface area contributed by atoms with Crippen molar-refractivity contribution in [1.29, 1.82) is 0 Å². The van der Waals surface area contributed by atoms with Crippen molar-refractivity contribution in [3.63, 3.8) is 0 Å². The molecule has 0 atom stereocenters. The number of ketones is 2. The van der Waals surface area contributed by atoms with E-state index in [-0.39, 0.29) is 18.2 Å². The zero-order valence-electron chi connectivity index (χ0n) is 16.7. The molecule has 0 unspecified atom stereocenters. The first-order chi connectivity index (χ1) is 14.1. The zero-order valence-corrected chi connectivity index (χ0v) is 16.7. The normalized spacial score (nSPS) is 17.3. The van der Waals surface area contributed by atoms with Gasteiger partial charge in [0.25, 0.3) is 0 Å². The first-order valence-corrected chi connectivity index (χ1v) is 10.5. The van der Waals surface area contributed by atoms with Gasteiger partial charge in [-0.1, -0.05) is 36.4 Å². The van der Waals surface area contributed by atoms with Crippen LogP contribution in [0.15, 0.2) is 42.5 Å². The second-order valence-electron chi connectivity index (χ2n) is 8.14.